The number of hydrogen-bond donors (Lipinski definition) is 1. The summed E-state index contributed by atoms with van der Waals surface area (Å²) in [5.74, 6) is 0.790. The molecule has 0 amide bonds. The smallest absolute Gasteiger partial charge is 0.177 e. The maximum Gasteiger partial charge on any atom is 0.177 e. The Balaban J connectivity index is 2.03. The van der Waals surface area contributed by atoms with Crippen LogP contribution < -0.4 is 5.73 Å². The van der Waals surface area contributed by atoms with Gasteiger partial charge >= 0.3 is 0 Å². The van der Waals surface area contributed by atoms with E-state index in [1.807, 2.05) is 36.4 Å². The van der Waals surface area contributed by atoms with Crippen molar-refractivity contribution in [2.45, 2.75) is 6.42 Å². The molecule has 17 heavy (non-hydrogen) atoms. The minimum atomic E-state index is 0.630. The van der Waals surface area contributed by atoms with Crippen LogP contribution in [-0.2, 0) is 6.42 Å². The molecule has 3 rings (SSSR count). The monoisotopic (exact) mass is 225 g/mol. The molecule has 0 fully saturated rings. The molecule has 3 aromatic rings. The lowest BCUT2D eigenvalue weighted by Gasteiger charge is -2.03. The van der Waals surface area contributed by atoms with Crippen molar-refractivity contribution in [3.8, 4) is 0 Å². The third-order valence-electron chi connectivity index (χ3n) is 2.65. The number of para-hydroxylation sites is 1. The largest absolute Gasteiger partial charge is 0.398 e. The zero-order valence-corrected chi connectivity index (χ0v) is 9.11. The van der Waals surface area contributed by atoms with E-state index in [9.17, 15) is 0 Å². The van der Waals surface area contributed by atoms with Gasteiger partial charge in [0, 0.05) is 18.3 Å². The third-order valence-corrected chi connectivity index (χ3v) is 2.65. The van der Waals surface area contributed by atoms with Gasteiger partial charge in [-0.1, -0.05) is 18.2 Å². The fourth-order valence-corrected chi connectivity index (χ4v) is 1.77. The molecule has 5 nitrogen and oxygen atoms in total. The Morgan fingerprint density at radius 3 is 2.82 bits per heavy atom. The molecule has 0 aliphatic heterocycles. The number of fused-ring (bicyclic) bond motifs is 1. The van der Waals surface area contributed by atoms with Crippen molar-refractivity contribution in [3.63, 3.8) is 0 Å². The Labute approximate surface area is 97.9 Å². The van der Waals surface area contributed by atoms with E-state index >= 15 is 0 Å². The molecule has 84 valence electrons. The van der Waals surface area contributed by atoms with E-state index < -0.39 is 0 Å². The van der Waals surface area contributed by atoms with Gasteiger partial charge in [0.2, 0.25) is 0 Å². The maximum absolute atomic E-state index is 5.90. The average Bonchev–Trinajstić information content (AvgIpc) is 2.76. The number of benzene rings is 1. The zero-order chi connectivity index (χ0) is 11.7. The van der Waals surface area contributed by atoms with Gasteiger partial charge in [0.15, 0.2) is 11.5 Å². The Kier molecular flexibility index (Phi) is 2.22. The van der Waals surface area contributed by atoms with Crippen LogP contribution in [0, 0.1) is 0 Å². The number of anilines is 1. The maximum atomic E-state index is 5.90. The summed E-state index contributed by atoms with van der Waals surface area (Å²) >= 11 is 0. The average molecular weight is 225 g/mol. The molecule has 1 aromatic carbocycles. The van der Waals surface area contributed by atoms with E-state index in [2.05, 4.69) is 15.3 Å². The number of hydrogen-bond acceptors (Lipinski definition) is 4. The highest BCUT2D eigenvalue weighted by atomic mass is 15.4. The molecule has 5 heteroatoms. The summed E-state index contributed by atoms with van der Waals surface area (Å²) in [7, 11) is 0. The van der Waals surface area contributed by atoms with E-state index in [1.54, 1.807) is 10.7 Å². The summed E-state index contributed by atoms with van der Waals surface area (Å²) in [6.07, 6.45) is 2.35. The standard InChI is InChI=1S/C12H11N5/c13-10-5-2-1-4-9(10)8-12-16-15-11-6-3-7-14-17(11)12/h1-7H,8,13H2. The molecular formula is C12H11N5. The van der Waals surface area contributed by atoms with Crippen molar-refractivity contribution >= 4 is 11.3 Å². The Hall–Kier alpha value is -2.43. The van der Waals surface area contributed by atoms with Gasteiger partial charge in [-0.2, -0.15) is 9.61 Å². The minimum absolute atomic E-state index is 0.630. The molecule has 0 saturated carbocycles. The summed E-state index contributed by atoms with van der Waals surface area (Å²) in [5, 5.41) is 12.4. The normalized spacial score (nSPS) is 10.8. The van der Waals surface area contributed by atoms with Crippen molar-refractivity contribution in [1.29, 1.82) is 0 Å². The minimum Gasteiger partial charge on any atom is -0.398 e. The summed E-state index contributed by atoms with van der Waals surface area (Å²) in [6.45, 7) is 0. The van der Waals surface area contributed by atoms with Gasteiger partial charge in [-0.3, -0.25) is 0 Å². The first-order valence-electron chi connectivity index (χ1n) is 5.33. The Bertz CT molecular complexity index is 659. The van der Waals surface area contributed by atoms with Gasteiger partial charge in [-0.05, 0) is 23.8 Å². The van der Waals surface area contributed by atoms with Gasteiger partial charge < -0.3 is 5.73 Å². The van der Waals surface area contributed by atoms with Crippen LogP contribution in [0.5, 0.6) is 0 Å². The first-order valence-corrected chi connectivity index (χ1v) is 5.33. The highest BCUT2D eigenvalue weighted by molar-refractivity contribution is 5.48. The molecule has 0 saturated heterocycles. The summed E-state index contributed by atoms with van der Waals surface area (Å²) in [5.41, 5.74) is 8.45. The van der Waals surface area contributed by atoms with Crippen LogP contribution in [0.15, 0.2) is 42.6 Å². The summed E-state index contributed by atoms with van der Waals surface area (Å²) < 4.78 is 1.73. The summed E-state index contributed by atoms with van der Waals surface area (Å²) in [4.78, 5) is 0. The van der Waals surface area contributed by atoms with Crippen LogP contribution in [-0.4, -0.2) is 19.8 Å². The first-order chi connectivity index (χ1) is 8.34. The van der Waals surface area contributed by atoms with Crippen LogP contribution in [0.2, 0.25) is 0 Å². The predicted octanol–water partition coefficient (Wildman–Crippen LogP) is 1.30. The fourth-order valence-electron chi connectivity index (χ4n) is 1.77. The van der Waals surface area contributed by atoms with Crippen LogP contribution in [0.3, 0.4) is 0 Å². The second kappa shape index (κ2) is 3.86. The van der Waals surface area contributed by atoms with Crippen molar-refractivity contribution in [1.82, 2.24) is 19.8 Å². The van der Waals surface area contributed by atoms with Crippen LogP contribution in [0.1, 0.15) is 11.4 Å². The molecule has 0 atom stereocenters. The molecule has 0 spiro atoms. The summed E-state index contributed by atoms with van der Waals surface area (Å²) in [6, 6.07) is 11.5. The van der Waals surface area contributed by atoms with E-state index in [4.69, 9.17) is 5.73 Å². The molecule has 0 unspecified atom stereocenters. The van der Waals surface area contributed by atoms with Crippen LogP contribution in [0.25, 0.3) is 5.65 Å². The fraction of sp³-hybridized carbons (Fsp3) is 0.0833. The van der Waals surface area contributed by atoms with Gasteiger partial charge in [-0.25, -0.2) is 0 Å². The second-order valence-electron chi connectivity index (χ2n) is 3.79. The quantitative estimate of drug-likeness (QED) is 0.667. The number of nitrogens with two attached hydrogens (primary N) is 1. The van der Waals surface area contributed by atoms with Gasteiger partial charge in [0.25, 0.3) is 0 Å². The highest BCUT2D eigenvalue weighted by Crippen LogP contribution is 2.14. The second-order valence-corrected chi connectivity index (χ2v) is 3.79. The van der Waals surface area contributed by atoms with E-state index in [1.165, 1.54) is 0 Å². The number of rotatable bonds is 2. The molecule has 2 heterocycles. The van der Waals surface area contributed by atoms with Crippen molar-refractivity contribution in [2.24, 2.45) is 0 Å². The predicted molar refractivity (Wildman–Crippen MR) is 64.4 cm³/mol. The van der Waals surface area contributed by atoms with Crippen LogP contribution >= 0.6 is 0 Å². The molecule has 0 aliphatic rings. The molecular weight excluding hydrogens is 214 g/mol. The van der Waals surface area contributed by atoms with Crippen molar-refractivity contribution < 1.29 is 0 Å². The SMILES string of the molecule is Nc1ccccc1Cc1nnc2cccnn12. The first kappa shape index (κ1) is 9.77. The topological polar surface area (TPSA) is 69.1 Å². The lowest BCUT2D eigenvalue weighted by atomic mass is 10.1. The lowest BCUT2D eigenvalue weighted by molar-refractivity contribution is 0.838. The van der Waals surface area contributed by atoms with E-state index in [0.717, 1.165) is 22.7 Å². The van der Waals surface area contributed by atoms with Crippen LogP contribution in [0.4, 0.5) is 5.69 Å². The van der Waals surface area contributed by atoms with Crippen molar-refractivity contribution in [3.05, 3.63) is 54.0 Å². The molecule has 0 radical (unpaired) electrons. The molecule has 2 N–H and O–H groups in total. The van der Waals surface area contributed by atoms with Crippen molar-refractivity contribution in [2.75, 3.05) is 5.73 Å². The lowest BCUT2D eigenvalue weighted by Crippen LogP contribution is -2.01. The number of aromatic nitrogens is 4. The van der Waals surface area contributed by atoms with Gasteiger partial charge in [0.05, 0.1) is 0 Å². The molecule has 0 aliphatic carbocycles. The third kappa shape index (κ3) is 1.71. The Morgan fingerprint density at radius 1 is 1.06 bits per heavy atom. The Morgan fingerprint density at radius 2 is 1.94 bits per heavy atom. The van der Waals surface area contributed by atoms with E-state index in [0.29, 0.717) is 6.42 Å². The zero-order valence-electron chi connectivity index (χ0n) is 9.11. The molecule has 2 aromatic heterocycles. The van der Waals surface area contributed by atoms with Gasteiger partial charge in [-0.15, -0.1) is 10.2 Å². The molecule has 0 bridgehead atoms. The number of nitrogens with zero attached hydrogens (tertiary/aromatic N) is 4. The highest BCUT2D eigenvalue weighted by Gasteiger charge is 2.08. The number of nitrogen functional groups attached to an aromatic ring is 1. The van der Waals surface area contributed by atoms with Gasteiger partial charge in [0.1, 0.15) is 0 Å². The van der Waals surface area contributed by atoms with E-state index in [-0.39, 0.29) is 0 Å².